The fourth-order valence-electron chi connectivity index (χ4n) is 7.18. The maximum Gasteiger partial charge on any atom is 0.139 e. The Morgan fingerprint density at radius 1 is 1.05 bits per heavy atom. The maximum absolute atomic E-state index is 12.4. The third kappa shape index (κ3) is 1.82. The largest absolute Gasteiger partial charge is 0.299 e. The topological polar surface area (TPSA) is 17.1 Å². The zero-order chi connectivity index (χ0) is 15.5. The van der Waals surface area contributed by atoms with Crippen molar-refractivity contribution in [3.8, 4) is 12.3 Å². The van der Waals surface area contributed by atoms with Crippen LogP contribution in [0.3, 0.4) is 0 Å². The van der Waals surface area contributed by atoms with E-state index in [-0.39, 0.29) is 5.41 Å². The molecular formula is C21H30O. The Bertz CT molecular complexity index is 529. The van der Waals surface area contributed by atoms with Crippen molar-refractivity contribution in [2.45, 2.75) is 71.6 Å². The second kappa shape index (κ2) is 4.86. The molecule has 1 unspecified atom stereocenters. The number of terminal acetylenes is 1. The van der Waals surface area contributed by atoms with Crippen LogP contribution >= 0.6 is 0 Å². The molecule has 0 heterocycles. The average Bonchev–Trinajstić information content (AvgIpc) is 2.82. The van der Waals surface area contributed by atoms with Crippen molar-refractivity contribution >= 4 is 5.78 Å². The van der Waals surface area contributed by atoms with Crippen LogP contribution in [-0.2, 0) is 4.79 Å². The molecule has 0 amide bonds. The van der Waals surface area contributed by atoms with Crippen molar-refractivity contribution in [1.82, 2.24) is 0 Å². The van der Waals surface area contributed by atoms with Crippen LogP contribution in [0.4, 0.5) is 0 Å². The quantitative estimate of drug-likeness (QED) is 0.584. The lowest BCUT2D eigenvalue weighted by Crippen LogP contribution is -2.53. The predicted octanol–water partition coefficient (Wildman–Crippen LogP) is 4.85. The lowest BCUT2D eigenvalue weighted by molar-refractivity contribution is -0.139. The summed E-state index contributed by atoms with van der Waals surface area (Å²) in [5.74, 6) is 7.31. The summed E-state index contributed by atoms with van der Waals surface area (Å²) in [7, 11) is 0. The van der Waals surface area contributed by atoms with E-state index in [1.807, 2.05) is 0 Å². The number of fused-ring (bicyclic) bond motifs is 5. The summed E-state index contributed by atoms with van der Waals surface area (Å²) in [4.78, 5) is 12.4. The number of rotatable bonds is 0. The number of carbonyl (C=O) groups excluding carboxylic acids is 1. The van der Waals surface area contributed by atoms with Crippen molar-refractivity contribution < 1.29 is 4.79 Å². The molecule has 4 fully saturated rings. The molecule has 0 aromatic carbocycles. The summed E-state index contributed by atoms with van der Waals surface area (Å²) in [5.41, 5.74) is 0.531. The van der Waals surface area contributed by atoms with Crippen molar-refractivity contribution in [3.63, 3.8) is 0 Å². The smallest absolute Gasteiger partial charge is 0.139 e. The molecule has 1 heteroatoms. The summed E-state index contributed by atoms with van der Waals surface area (Å²) < 4.78 is 0. The van der Waals surface area contributed by atoms with E-state index >= 15 is 0 Å². The standard InChI is InChI=1S/C21H30O/c1-4-14-9-11-20(2)15(13-14)5-6-16-17-7-8-19(22)21(17,3)12-10-18(16)20/h1,14-18H,5-13H2,2-3H3/t14-,15?,16-,17-,18-,20-,21-/m0/s1. The molecule has 0 aromatic heterocycles. The molecule has 0 aliphatic heterocycles. The second-order valence-electron chi connectivity index (χ2n) is 9.21. The lowest BCUT2D eigenvalue weighted by atomic mass is 9.45. The van der Waals surface area contributed by atoms with Crippen LogP contribution in [-0.4, -0.2) is 5.78 Å². The zero-order valence-corrected chi connectivity index (χ0v) is 14.2. The van der Waals surface area contributed by atoms with Gasteiger partial charge in [-0.25, -0.2) is 0 Å². The van der Waals surface area contributed by atoms with Crippen LogP contribution in [0.2, 0.25) is 0 Å². The van der Waals surface area contributed by atoms with Crippen LogP contribution in [0.1, 0.15) is 71.6 Å². The predicted molar refractivity (Wildman–Crippen MR) is 89.1 cm³/mol. The van der Waals surface area contributed by atoms with Crippen LogP contribution in [0.25, 0.3) is 0 Å². The summed E-state index contributed by atoms with van der Waals surface area (Å²) in [5, 5.41) is 0. The number of hydrogen-bond donors (Lipinski definition) is 0. The normalized spacial score (nSPS) is 54.0. The molecule has 0 saturated heterocycles. The van der Waals surface area contributed by atoms with Gasteiger partial charge in [-0.05, 0) is 80.5 Å². The van der Waals surface area contributed by atoms with E-state index in [9.17, 15) is 4.79 Å². The second-order valence-corrected chi connectivity index (χ2v) is 9.21. The molecule has 4 aliphatic rings. The molecule has 22 heavy (non-hydrogen) atoms. The molecule has 4 saturated carbocycles. The average molecular weight is 298 g/mol. The number of ketones is 1. The minimum absolute atomic E-state index is 0.0282. The van der Waals surface area contributed by atoms with Gasteiger partial charge in [-0.3, -0.25) is 4.79 Å². The summed E-state index contributed by atoms with van der Waals surface area (Å²) >= 11 is 0. The van der Waals surface area contributed by atoms with Crippen molar-refractivity contribution in [1.29, 1.82) is 0 Å². The molecule has 0 N–H and O–H groups in total. The third-order valence-corrected chi connectivity index (χ3v) is 8.61. The number of Topliss-reactive ketones (excluding diaryl/α,β-unsaturated/α-hetero) is 1. The summed E-state index contributed by atoms with van der Waals surface area (Å²) in [6.07, 6.45) is 16.7. The number of hydrogen-bond acceptors (Lipinski definition) is 1. The third-order valence-electron chi connectivity index (χ3n) is 8.61. The first-order chi connectivity index (χ1) is 10.5. The minimum Gasteiger partial charge on any atom is -0.299 e. The van der Waals surface area contributed by atoms with Gasteiger partial charge in [0.2, 0.25) is 0 Å². The van der Waals surface area contributed by atoms with Gasteiger partial charge in [0.05, 0.1) is 0 Å². The molecule has 0 bridgehead atoms. The van der Waals surface area contributed by atoms with Gasteiger partial charge in [0.25, 0.3) is 0 Å². The van der Waals surface area contributed by atoms with E-state index in [0.717, 1.165) is 30.6 Å². The Morgan fingerprint density at radius 2 is 1.86 bits per heavy atom. The first-order valence-electron chi connectivity index (χ1n) is 9.48. The minimum atomic E-state index is 0.0282. The van der Waals surface area contributed by atoms with Crippen LogP contribution in [0, 0.1) is 52.8 Å². The van der Waals surface area contributed by atoms with Crippen molar-refractivity contribution in [2.75, 3.05) is 0 Å². The number of carbonyl (C=O) groups is 1. The van der Waals surface area contributed by atoms with E-state index in [1.54, 1.807) is 0 Å². The van der Waals surface area contributed by atoms with E-state index in [2.05, 4.69) is 19.8 Å². The van der Waals surface area contributed by atoms with E-state index in [4.69, 9.17) is 6.42 Å². The Kier molecular flexibility index (Phi) is 3.27. The molecule has 0 radical (unpaired) electrons. The Labute approximate surface area is 135 Å². The Hall–Kier alpha value is -0.770. The zero-order valence-electron chi connectivity index (χ0n) is 14.2. The highest BCUT2D eigenvalue weighted by atomic mass is 16.1. The van der Waals surface area contributed by atoms with Gasteiger partial charge >= 0.3 is 0 Å². The van der Waals surface area contributed by atoms with Gasteiger partial charge in [0.15, 0.2) is 0 Å². The Balaban J connectivity index is 1.62. The fourth-order valence-corrected chi connectivity index (χ4v) is 7.18. The lowest BCUT2D eigenvalue weighted by Gasteiger charge is -2.60. The molecule has 0 spiro atoms. The first-order valence-corrected chi connectivity index (χ1v) is 9.48. The van der Waals surface area contributed by atoms with Crippen LogP contribution < -0.4 is 0 Å². The van der Waals surface area contributed by atoms with E-state index < -0.39 is 0 Å². The highest BCUT2D eigenvalue weighted by Gasteiger charge is 2.60. The van der Waals surface area contributed by atoms with E-state index in [1.165, 1.54) is 44.9 Å². The highest BCUT2D eigenvalue weighted by molar-refractivity contribution is 5.87. The maximum atomic E-state index is 12.4. The molecule has 120 valence electrons. The first kappa shape index (κ1) is 14.8. The summed E-state index contributed by atoms with van der Waals surface area (Å²) in [6.45, 7) is 4.85. The Morgan fingerprint density at radius 3 is 2.64 bits per heavy atom. The molecule has 7 atom stereocenters. The van der Waals surface area contributed by atoms with Gasteiger partial charge in [0, 0.05) is 17.8 Å². The molecular weight excluding hydrogens is 268 g/mol. The van der Waals surface area contributed by atoms with Gasteiger partial charge < -0.3 is 0 Å². The van der Waals surface area contributed by atoms with Gasteiger partial charge in [-0.1, -0.05) is 13.8 Å². The molecule has 0 aromatic rings. The van der Waals surface area contributed by atoms with Gasteiger partial charge in [0.1, 0.15) is 5.78 Å². The molecule has 1 nitrogen and oxygen atoms in total. The molecule has 4 aliphatic carbocycles. The van der Waals surface area contributed by atoms with Crippen molar-refractivity contribution in [2.24, 2.45) is 40.4 Å². The molecule has 4 rings (SSSR count). The summed E-state index contributed by atoms with van der Waals surface area (Å²) in [6, 6.07) is 0. The van der Waals surface area contributed by atoms with Gasteiger partial charge in [-0.15, -0.1) is 12.3 Å². The van der Waals surface area contributed by atoms with Crippen LogP contribution in [0.15, 0.2) is 0 Å². The van der Waals surface area contributed by atoms with Crippen LogP contribution in [0.5, 0.6) is 0 Å². The van der Waals surface area contributed by atoms with Gasteiger partial charge in [-0.2, -0.15) is 0 Å². The van der Waals surface area contributed by atoms with Crippen molar-refractivity contribution in [3.05, 3.63) is 0 Å². The van der Waals surface area contributed by atoms with E-state index in [0.29, 0.717) is 23.0 Å². The fraction of sp³-hybridized carbons (Fsp3) is 0.857. The SMILES string of the molecule is C#C[C@H]1CC[C@@]2(C)C(CC[C@@H]3[C@@H]2CC[C@]2(C)C(=O)CC[C@@H]32)C1. The monoisotopic (exact) mass is 298 g/mol. The highest BCUT2D eigenvalue weighted by Crippen LogP contribution is 2.65.